The summed E-state index contributed by atoms with van der Waals surface area (Å²) in [4.78, 5) is 51.8. The molecule has 0 aliphatic carbocycles. The van der Waals surface area contributed by atoms with Crippen molar-refractivity contribution in [3.63, 3.8) is 0 Å². The van der Waals surface area contributed by atoms with Crippen LogP contribution in [0.15, 0.2) is 0 Å². The van der Waals surface area contributed by atoms with E-state index in [4.69, 9.17) is 16.3 Å². The number of likely N-dealkylation sites (tertiary alicyclic amines) is 2. The van der Waals surface area contributed by atoms with E-state index in [1.54, 1.807) is 9.80 Å². The molecule has 1 unspecified atom stereocenters. The van der Waals surface area contributed by atoms with Crippen LogP contribution in [0.5, 0.6) is 0 Å². The van der Waals surface area contributed by atoms with Crippen LogP contribution >= 0.6 is 0 Å². The molecule has 2 saturated heterocycles. The maximum atomic E-state index is 12.7. The van der Waals surface area contributed by atoms with Gasteiger partial charge in [-0.2, -0.15) is 0 Å². The number of carbonyl (C=O) groups is 4. The van der Waals surface area contributed by atoms with Gasteiger partial charge >= 0.3 is 12.1 Å². The quantitative estimate of drug-likeness (QED) is 0.559. The first kappa shape index (κ1) is 26.5. The van der Waals surface area contributed by atoms with Crippen LogP contribution in [0, 0.1) is 30.1 Å². The molecule has 0 saturated carbocycles. The minimum absolute atomic E-state index is 0.0362. The number of hydrogen-bond acceptors (Lipinski definition) is 5. The molecule has 0 aromatic carbocycles. The summed E-state index contributed by atoms with van der Waals surface area (Å²) in [6.07, 6.45) is 9.16. The van der Waals surface area contributed by atoms with Gasteiger partial charge in [0.15, 0.2) is 0 Å². The van der Waals surface area contributed by atoms with Crippen molar-refractivity contribution in [3.05, 3.63) is 0 Å². The standard InChI is InChI=1S/C24H37N3O6/c1-5-18(22(30)31)15-25-21(29)19-7-6-12-27(16-19)20(28)9-8-17-10-13-26(14-11-17)23(32)33-24(2,3)4/h1,17-19H,6-16H2,2-4H3,(H,25,29)(H,30,31)/t18?,19-/m1/s1. The van der Waals surface area contributed by atoms with Crippen molar-refractivity contribution >= 4 is 23.9 Å². The lowest BCUT2D eigenvalue weighted by molar-refractivity contribution is -0.139. The van der Waals surface area contributed by atoms with Crippen molar-refractivity contribution in [1.82, 2.24) is 15.1 Å². The highest BCUT2D eigenvalue weighted by Gasteiger charge is 2.30. The van der Waals surface area contributed by atoms with Gasteiger partial charge in [-0.05, 0) is 58.8 Å². The second kappa shape index (κ2) is 11.9. The van der Waals surface area contributed by atoms with Gasteiger partial charge in [-0.1, -0.05) is 5.92 Å². The zero-order chi connectivity index (χ0) is 24.6. The zero-order valence-corrected chi connectivity index (χ0v) is 20.0. The molecule has 2 N–H and O–H groups in total. The summed E-state index contributed by atoms with van der Waals surface area (Å²) < 4.78 is 5.42. The third kappa shape index (κ3) is 8.60. The van der Waals surface area contributed by atoms with Crippen LogP contribution in [0.2, 0.25) is 0 Å². The van der Waals surface area contributed by atoms with E-state index in [0.29, 0.717) is 44.9 Å². The normalized spacial score (nSPS) is 20.5. The number of aliphatic carboxylic acids is 1. The first-order valence-corrected chi connectivity index (χ1v) is 11.7. The molecule has 0 aromatic rings. The van der Waals surface area contributed by atoms with E-state index in [1.165, 1.54) is 0 Å². The van der Waals surface area contributed by atoms with E-state index in [0.717, 1.165) is 25.7 Å². The lowest BCUT2D eigenvalue weighted by Gasteiger charge is -2.34. The SMILES string of the molecule is C#CC(CNC(=O)[C@@H]1CCCN(C(=O)CCC2CCN(C(=O)OC(C)(C)C)CC2)C1)C(=O)O. The van der Waals surface area contributed by atoms with E-state index in [2.05, 4.69) is 11.2 Å². The number of piperidine rings is 2. The molecule has 2 heterocycles. The van der Waals surface area contributed by atoms with Crippen LogP contribution in [0.1, 0.15) is 59.3 Å². The van der Waals surface area contributed by atoms with Crippen LogP contribution in [0.3, 0.4) is 0 Å². The zero-order valence-electron chi connectivity index (χ0n) is 20.0. The van der Waals surface area contributed by atoms with Crippen LogP contribution in [-0.4, -0.2) is 77.1 Å². The van der Waals surface area contributed by atoms with Crippen molar-refractivity contribution in [2.75, 3.05) is 32.7 Å². The fraction of sp³-hybridized carbons (Fsp3) is 0.750. The summed E-state index contributed by atoms with van der Waals surface area (Å²) in [5, 5.41) is 11.6. The Morgan fingerprint density at radius 3 is 2.36 bits per heavy atom. The van der Waals surface area contributed by atoms with Crippen LogP contribution in [0.4, 0.5) is 4.79 Å². The van der Waals surface area contributed by atoms with Crippen molar-refractivity contribution < 1.29 is 29.0 Å². The van der Waals surface area contributed by atoms with Gasteiger partial charge in [-0.25, -0.2) is 4.79 Å². The summed E-state index contributed by atoms with van der Waals surface area (Å²) in [7, 11) is 0. The van der Waals surface area contributed by atoms with Gasteiger partial charge in [0.05, 0.1) is 5.92 Å². The maximum Gasteiger partial charge on any atom is 0.410 e. The fourth-order valence-corrected chi connectivity index (χ4v) is 4.20. The first-order chi connectivity index (χ1) is 15.5. The number of carboxylic acids is 1. The van der Waals surface area contributed by atoms with Crippen molar-refractivity contribution in [1.29, 1.82) is 0 Å². The molecule has 2 atom stereocenters. The van der Waals surface area contributed by atoms with Crippen LogP contribution in [0.25, 0.3) is 0 Å². The van der Waals surface area contributed by atoms with Gasteiger partial charge in [0.1, 0.15) is 11.5 Å². The van der Waals surface area contributed by atoms with E-state index in [-0.39, 0.29) is 30.4 Å². The molecule has 2 rings (SSSR count). The summed E-state index contributed by atoms with van der Waals surface area (Å²) in [6.45, 7) is 7.67. The molecule has 0 aromatic heterocycles. The molecule has 2 aliphatic heterocycles. The second-order valence-corrected chi connectivity index (χ2v) is 9.93. The first-order valence-electron chi connectivity index (χ1n) is 11.7. The molecule has 0 radical (unpaired) electrons. The minimum atomic E-state index is -1.14. The summed E-state index contributed by atoms with van der Waals surface area (Å²) >= 11 is 0. The number of rotatable bonds is 7. The van der Waals surface area contributed by atoms with E-state index < -0.39 is 17.5 Å². The monoisotopic (exact) mass is 463 g/mol. The van der Waals surface area contributed by atoms with Gasteiger partial charge in [0.25, 0.3) is 0 Å². The third-order valence-electron chi connectivity index (χ3n) is 6.16. The number of nitrogens with zero attached hydrogens (tertiary/aromatic N) is 2. The Morgan fingerprint density at radius 1 is 1.12 bits per heavy atom. The Balaban J connectivity index is 1.73. The number of amides is 3. The third-order valence-corrected chi connectivity index (χ3v) is 6.16. The summed E-state index contributed by atoms with van der Waals surface area (Å²) in [5.74, 6) is -0.252. The predicted molar refractivity (Wildman–Crippen MR) is 122 cm³/mol. The number of nitrogens with one attached hydrogen (secondary N) is 1. The number of carboxylic acid groups (broad SMARTS) is 1. The van der Waals surface area contributed by atoms with Gasteiger partial charge in [0.2, 0.25) is 11.8 Å². The highest BCUT2D eigenvalue weighted by atomic mass is 16.6. The lowest BCUT2D eigenvalue weighted by atomic mass is 9.91. The molecule has 2 aliphatic rings. The fourth-order valence-electron chi connectivity index (χ4n) is 4.20. The topological polar surface area (TPSA) is 116 Å². The molecule has 0 bridgehead atoms. The summed E-state index contributed by atoms with van der Waals surface area (Å²) in [6, 6.07) is 0. The highest BCUT2D eigenvalue weighted by Crippen LogP contribution is 2.25. The molecule has 0 spiro atoms. The molecule has 3 amide bonds. The van der Waals surface area contributed by atoms with Crippen molar-refractivity contribution in [2.45, 2.75) is 64.9 Å². The van der Waals surface area contributed by atoms with Crippen LogP contribution in [-0.2, 0) is 19.1 Å². The second-order valence-electron chi connectivity index (χ2n) is 9.93. The number of ether oxygens (including phenoxy) is 1. The summed E-state index contributed by atoms with van der Waals surface area (Å²) in [5.41, 5.74) is -0.511. The largest absolute Gasteiger partial charge is 0.480 e. The molecular weight excluding hydrogens is 426 g/mol. The Hall–Kier alpha value is -2.76. The molecule has 33 heavy (non-hydrogen) atoms. The predicted octanol–water partition coefficient (Wildman–Crippen LogP) is 2.10. The molecule has 9 nitrogen and oxygen atoms in total. The van der Waals surface area contributed by atoms with Gasteiger partial charge in [-0.15, -0.1) is 6.42 Å². The Bertz CT molecular complexity index is 761. The number of terminal acetylenes is 1. The van der Waals surface area contributed by atoms with E-state index in [9.17, 15) is 19.2 Å². The smallest absolute Gasteiger partial charge is 0.410 e. The van der Waals surface area contributed by atoms with Crippen molar-refractivity contribution in [2.24, 2.45) is 17.8 Å². The van der Waals surface area contributed by atoms with Crippen molar-refractivity contribution in [3.8, 4) is 12.3 Å². The van der Waals surface area contributed by atoms with E-state index >= 15 is 0 Å². The molecule has 9 heteroatoms. The average molecular weight is 464 g/mol. The highest BCUT2D eigenvalue weighted by molar-refractivity contribution is 5.82. The molecule has 2 fully saturated rings. The Labute approximate surface area is 196 Å². The average Bonchev–Trinajstić information content (AvgIpc) is 2.76. The van der Waals surface area contributed by atoms with Gasteiger partial charge in [0, 0.05) is 39.1 Å². The van der Waals surface area contributed by atoms with Gasteiger partial charge in [-0.3, -0.25) is 14.4 Å². The van der Waals surface area contributed by atoms with Gasteiger partial charge < -0.3 is 25.0 Å². The lowest BCUT2D eigenvalue weighted by Crippen LogP contribution is -2.46. The van der Waals surface area contributed by atoms with E-state index in [1.807, 2.05) is 20.8 Å². The molecular formula is C24H37N3O6. The minimum Gasteiger partial charge on any atom is -0.480 e. The number of carbonyl (C=O) groups excluding carboxylic acids is 3. The Morgan fingerprint density at radius 2 is 1.79 bits per heavy atom. The Kier molecular flexibility index (Phi) is 9.56. The maximum absolute atomic E-state index is 12.7. The molecule has 184 valence electrons. The number of hydrogen-bond donors (Lipinski definition) is 2. The van der Waals surface area contributed by atoms with Crippen LogP contribution < -0.4 is 5.32 Å².